The van der Waals surface area contributed by atoms with Gasteiger partial charge in [-0.2, -0.15) is 0 Å². The van der Waals surface area contributed by atoms with Crippen molar-refractivity contribution in [3.05, 3.63) is 23.5 Å². The Morgan fingerprint density at radius 2 is 1.96 bits per heavy atom. The van der Waals surface area contributed by atoms with Gasteiger partial charge in [0.25, 0.3) is 5.89 Å². The molecule has 0 atom stereocenters. The van der Waals surface area contributed by atoms with Gasteiger partial charge in [0.1, 0.15) is 11.5 Å². The van der Waals surface area contributed by atoms with Gasteiger partial charge in [0.15, 0.2) is 0 Å². The summed E-state index contributed by atoms with van der Waals surface area (Å²) in [5.41, 5.74) is 0.557. The first-order valence-electron chi connectivity index (χ1n) is 7.53. The molecular weight excluding hydrogens is 296 g/mol. The van der Waals surface area contributed by atoms with Crippen LogP contribution < -0.4 is 5.32 Å². The average molecular weight is 320 g/mol. The Balaban J connectivity index is 1.96. The molecule has 1 amide bonds. The highest BCUT2D eigenvalue weighted by Gasteiger charge is 2.18. The normalized spacial score (nSPS) is 12.0. The van der Waals surface area contributed by atoms with Crippen molar-refractivity contribution in [2.75, 3.05) is 13.6 Å². The number of nitrogens with zero attached hydrogens (tertiary/aromatic N) is 3. The first-order valence-corrected chi connectivity index (χ1v) is 7.53. The smallest absolute Gasteiger partial charge is 0.251 e. The Labute approximate surface area is 136 Å². The van der Waals surface area contributed by atoms with Gasteiger partial charge in [-0.05, 0) is 47.7 Å². The van der Waals surface area contributed by atoms with E-state index in [0.717, 1.165) is 17.1 Å². The largest absolute Gasteiger partial charge is 0.466 e. The Morgan fingerprint density at radius 3 is 2.52 bits per heavy atom. The third-order valence-corrected chi connectivity index (χ3v) is 3.07. The number of hydrogen-bond acceptors (Lipinski definition) is 6. The number of aromatic nitrogens is 2. The van der Waals surface area contributed by atoms with Gasteiger partial charge in [0.05, 0.1) is 18.7 Å². The first-order chi connectivity index (χ1) is 10.6. The summed E-state index contributed by atoms with van der Waals surface area (Å²) in [6, 6.07) is 1.87. The summed E-state index contributed by atoms with van der Waals surface area (Å²) in [4.78, 5) is 13.7. The summed E-state index contributed by atoms with van der Waals surface area (Å²) in [7, 11) is 1.83. The van der Waals surface area contributed by atoms with E-state index in [2.05, 4.69) is 15.5 Å². The predicted molar refractivity (Wildman–Crippen MR) is 85.7 cm³/mol. The van der Waals surface area contributed by atoms with Crippen LogP contribution in [0.2, 0.25) is 0 Å². The number of rotatable bonds is 5. The van der Waals surface area contributed by atoms with Crippen molar-refractivity contribution < 1.29 is 13.6 Å². The van der Waals surface area contributed by atoms with Crippen LogP contribution in [0.1, 0.15) is 38.2 Å². The molecule has 0 saturated heterocycles. The summed E-state index contributed by atoms with van der Waals surface area (Å²) < 4.78 is 11.1. The summed E-state index contributed by atoms with van der Waals surface area (Å²) >= 11 is 0. The Kier molecular flexibility index (Phi) is 4.89. The molecule has 126 valence electrons. The van der Waals surface area contributed by atoms with Crippen LogP contribution in [0.5, 0.6) is 0 Å². The van der Waals surface area contributed by atoms with Gasteiger partial charge in [0.2, 0.25) is 11.8 Å². The van der Waals surface area contributed by atoms with Crippen LogP contribution in [0.4, 0.5) is 0 Å². The minimum Gasteiger partial charge on any atom is -0.466 e. The van der Waals surface area contributed by atoms with Gasteiger partial charge in [0, 0.05) is 5.54 Å². The Hall–Kier alpha value is -2.15. The first kappa shape index (κ1) is 17.2. The lowest BCUT2D eigenvalue weighted by molar-refractivity contribution is -0.123. The number of nitrogens with one attached hydrogen (secondary N) is 1. The zero-order valence-electron chi connectivity index (χ0n) is 14.6. The lowest BCUT2D eigenvalue weighted by Crippen LogP contribution is -2.45. The van der Waals surface area contributed by atoms with Crippen LogP contribution in [-0.4, -0.2) is 40.1 Å². The van der Waals surface area contributed by atoms with Crippen LogP contribution in [-0.2, 0) is 11.3 Å². The summed E-state index contributed by atoms with van der Waals surface area (Å²) in [6.45, 7) is 10.2. The lowest BCUT2D eigenvalue weighted by atomic mass is 10.1. The number of carbonyl (C=O) groups is 1. The number of likely N-dealkylation sites (N-methyl/N-ethyl adjacent to an activating group) is 1. The molecule has 2 aromatic rings. The molecule has 0 bridgehead atoms. The van der Waals surface area contributed by atoms with E-state index in [1.807, 2.05) is 52.6 Å². The Morgan fingerprint density at radius 1 is 1.26 bits per heavy atom. The van der Waals surface area contributed by atoms with E-state index >= 15 is 0 Å². The quantitative estimate of drug-likeness (QED) is 0.910. The minimum atomic E-state index is -0.244. The van der Waals surface area contributed by atoms with E-state index in [0.29, 0.717) is 18.3 Å². The number of amides is 1. The number of aryl methyl sites for hydroxylation is 2. The van der Waals surface area contributed by atoms with Crippen molar-refractivity contribution >= 4 is 5.91 Å². The second-order valence-electron chi connectivity index (χ2n) is 6.80. The van der Waals surface area contributed by atoms with Crippen LogP contribution in [0.15, 0.2) is 14.9 Å². The maximum absolute atomic E-state index is 11.9. The second-order valence-corrected chi connectivity index (χ2v) is 6.80. The molecule has 2 rings (SSSR count). The molecule has 7 nitrogen and oxygen atoms in total. The van der Waals surface area contributed by atoms with Crippen molar-refractivity contribution in [3.8, 4) is 11.5 Å². The second kappa shape index (κ2) is 6.54. The van der Waals surface area contributed by atoms with Crippen molar-refractivity contribution in [3.63, 3.8) is 0 Å². The maximum Gasteiger partial charge on any atom is 0.251 e. The van der Waals surface area contributed by atoms with Gasteiger partial charge in [-0.25, -0.2) is 0 Å². The number of furan rings is 1. The van der Waals surface area contributed by atoms with Gasteiger partial charge < -0.3 is 14.2 Å². The fourth-order valence-corrected chi connectivity index (χ4v) is 2.26. The molecule has 0 fully saturated rings. The maximum atomic E-state index is 11.9. The van der Waals surface area contributed by atoms with Crippen LogP contribution >= 0.6 is 0 Å². The highest BCUT2D eigenvalue weighted by molar-refractivity contribution is 5.78. The van der Waals surface area contributed by atoms with Crippen molar-refractivity contribution in [2.45, 2.75) is 46.7 Å². The van der Waals surface area contributed by atoms with Crippen molar-refractivity contribution in [1.82, 2.24) is 20.4 Å². The van der Waals surface area contributed by atoms with E-state index in [1.165, 1.54) is 0 Å². The number of hydrogen-bond donors (Lipinski definition) is 1. The average Bonchev–Trinajstić information content (AvgIpc) is 2.93. The third-order valence-electron chi connectivity index (χ3n) is 3.07. The highest BCUT2D eigenvalue weighted by atomic mass is 16.4. The Bertz CT molecular complexity index is 682. The minimum absolute atomic E-state index is 0.0407. The van der Waals surface area contributed by atoms with E-state index in [9.17, 15) is 4.79 Å². The molecule has 0 aliphatic carbocycles. The fourth-order valence-electron chi connectivity index (χ4n) is 2.26. The zero-order chi connectivity index (χ0) is 17.2. The highest BCUT2D eigenvalue weighted by Crippen LogP contribution is 2.25. The molecule has 0 aliphatic rings. The van der Waals surface area contributed by atoms with E-state index < -0.39 is 0 Å². The van der Waals surface area contributed by atoms with Crippen molar-refractivity contribution in [2.24, 2.45) is 0 Å². The predicted octanol–water partition coefficient (Wildman–Crippen LogP) is 2.29. The van der Waals surface area contributed by atoms with Gasteiger partial charge >= 0.3 is 0 Å². The standard InChI is InChI=1S/C16H24N4O3/c1-10-7-12(11(2)22-10)15-19-18-14(23-15)9-20(6)8-13(21)17-16(3,4)5/h7H,8-9H2,1-6H3,(H,17,21). The van der Waals surface area contributed by atoms with Crippen LogP contribution in [0.25, 0.3) is 11.5 Å². The summed E-state index contributed by atoms with van der Waals surface area (Å²) in [6.07, 6.45) is 0. The molecule has 2 aromatic heterocycles. The van der Waals surface area contributed by atoms with E-state index in [1.54, 1.807) is 0 Å². The topological polar surface area (TPSA) is 84.4 Å². The van der Waals surface area contributed by atoms with Gasteiger partial charge in [-0.3, -0.25) is 9.69 Å². The van der Waals surface area contributed by atoms with Gasteiger partial charge in [-0.1, -0.05) is 0 Å². The van der Waals surface area contributed by atoms with Crippen LogP contribution in [0.3, 0.4) is 0 Å². The number of carbonyl (C=O) groups excluding carboxylic acids is 1. The molecule has 0 aliphatic heterocycles. The van der Waals surface area contributed by atoms with Crippen molar-refractivity contribution in [1.29, 1.82) is 0 Å². The molecule has 0 aromatic carbocycles. The molecule has 23 heavy (non-hydrogen) atoms. The molecule has 0 radical (unpaired) electrons. The zero-order valence-corrected chi connectivity index (χ0v) is 14.6. The van der Waals surface area contributed by atoms with Gasteiger partial charge in [-0.15, -0.1) is 10.2 Å². The van der Waals surface area contributed by atoms with E-state index in [4.69, 9.17) is 8.83 Å². The summed E-state index contributed by atoms with van der Waals surface area (Å²) in [5, 5.41) is 11.0. The molecular formula is C16H24N4O3. The fraction of sp³-hybridized carbons (Fsp3) is 0.562. The van der Waals surface area contributed by atoms with E-state index in [-0.39, 0.29) is 18.0 Å². The molecule has 7 heteroatoms. The molecule has 1 N–H and O–H groups in total. The SMILES string of the molecule is Cc1cc(-c2nnc(CN(C)CC(=O)NC(C)(C)C)o2)c(C)o1. The molecule has 0 saturated carbocycles. The molecule has 0 unspecified atom stereocenters. The molecule has 0 spiro atoms. The monoisotopic (exact) mass is 320 g/mol. The third kappa shape index (κ3) is 4.92. The summed E-state index contributed by atoms with van der Waals surface area (Å²) in [5.74, 6) is 2.40. The van der Waals surface area contributed by atoms with Crippen LogP contribution in [0, 0.1) is 13.8 Å². The lowest BCUT2D eigenvalue weighted by Gasteiger charge is -2.22. The molecule has 2 heterocycles.